The molecule has 0 spiro atoms. The maximum absolute atomic E-state index is 12.0. The number of carbonyl (C=O) groups is 1. The van der Waals surface area contributed by atoms with Crippen molar-refractivity contribution in [1.29, 1.82) is 0 Å². The van der Waals surface area contributed by atoms with Crippen molar-refractivity contribution in [1.82, 2.24) is 4.98 Å². The number of alkyl halides is 3. The van der Waals surface area contributed by atoms with Gasteiger partial charge in [-0.05, 0) is 6.92 Å². The Balaban J connectivity index is 3.16. The van der Waals surface area contributed by atoms with E-state index in [1.807, 2.05) is 0 Å². The van der Waals surface area contributed by atoms with Crippen molar-refractivity contribution in [2.75, 3.05) is 7.11 Å². The van der Waals surface area contributed by atoms with E-state index < -0.39 is 12.1 Å². The maximum atomic E-state index is 12.0. The number of aromatic nitrogens is 1. The van der Waals surface area contributed by atoms with Gasteiger partial charge in [-0.25, -0.2) is 4.98 Å². The van der Waals surface area contributed by atoms with E-state index in [4.69, 9.17) is 4.74 Å². The van der Waals surface area contributed by atoms with Crippen LogP contribution in [-0.4, -0.2) is 24.7 Å². The highest BCUT2D eigenvalue weighted by molar-refractivity contribution is 5.77. The number of hydrogen-bond donors (Lipinski definition) is 0. The zero-order valence-corrected chi connectivity index (χ0v) is 8.46. The van der Waals surface area contributed by atoms with Crippen LogP contribution in [0.1, 0.15) is 16.2 Å². The monoisotopic (exact) mass is 235 g/mol. The highest BCUT2D eigenvalue weighted by Gasteiger charge is 2.32. The number of carbonyl (C=O) groups excluding carboxylic acids is 1. The van der Waals surface area contributed by atoms with Crippen LogP contribution in [0.5, 0.6) is 11.5 Å². The molecule has 0 fully saturated rings. The zero-order chi connectivity index (χ0) is 12.3. The number of aryl methyl sites for hydroxylation is 1. The number of halogens is 3. The van der Waals surface area contributed by atoms with Gasteiger partial charge in [0, 0.05) is 6.07 Å². The lowest BCUT2D eigenvalue weighted by Gasteiger charge is -2.12. The Morgan fingerprint density at radius 3 is 2.44 bits per heavy atom. The molecule has 0 saturated heterocycles. The van der Waals surface area contributed by atoms with Gasteiger partial charge in [0.25, 0.3) is 0 Å². The first-order chi connectivity index (χ1) is 7.37. The number of methoxy groups -OCH3 is 1. The summed E-state index contributed by atoms with van der Waals surface area (Å²) >= 11 is 0. The van der Waals surface area contributed by atoms with Crippen molar-refractivity contribution >= 4 is 6.29 Å². The minimum Gasteiger partial charge on any atom is -0.494 e. The second kappa shape index (κ2) is 4.38. The third-order valence-corrected chi connectivity index (χ3v) is 1.72. The normalized spacial score (nSPS) is 11.1. The summed E-state index contributed by atoms with van der Waals surface area (Å²) < 4.78 is 44.4. The number of pyridine rings is 1. The predicted octanol–water partition coefficient (Wildman–Crippen LogP) is 2.11. The second-order valence-corrected chi connectivity index (χ2v) is 2.83. The molecule has 4 nitrogen and oxygen atoms in total. The number of hydrogen-bond acceptors (Lipinski definition) is 4. The van der Waals surface area contributed by atoms with Crippen molar-refractivity contribution in [3.63, 3.8) is 0 Å². The molecule has 0 atom stereocenters. The molecule has 1 aromatic rings. The smallest absolute Gasteiger partial charge is 0.494 e. The van der Waals surface area contributed by atoms with Crippen LogP contribution in [0.15, 0.2) is 6.07 Å². The van der Waals surface area contributed by atoms with Crippen LogP contribution in [0.4, 0.5) is 13.2 Å². The topological polar surface area (TPSA) is 48.4 Å². The molecule has 0 amide bonds. The Kier molecular flexibility index (Phi) is 3.36. The van der Waals surface area contributed by atoms with E-state index in [0.29, 0.717) is 6.29 Å². The molecular formula is C9H8F3NO3. The lowest BCUT2D eigenvalue weighted by atomic mass is 10.3. The highest BCUT2D eigenvalue weighted by atomic mass is 19.4. The van der Waals surface area contributed by atoms with Crippen LogP contribution in [0.25, 0.3) is 0 Å². The zero-order valence-electron chi connectivity index (χ0n) is 8.46. The van der Waals surface area contributed by atoms with Gasteiger partial charge < -0.3 is 9.47 Å². The standard InChI is InChI=1S/C9H8F3NO3/c1-5-7(16-9(10,11)12)3-8(15-2)6(4-14)13-5/h3-4H,1-2H3. The minimum absolute atomic E-state index is 0.0415. The Hall–Kier alpha value is -1.79. The Bertz CT molecular complexity index is 404. The van der Waals surface area contributed by atoms with E-state index in [9.17, 15) is 18.0 Å². The van der Waals surface area contributed by atoms with Gasteiger partial charge in [-0.3, -0.25) is 4.79 Å². The summed E-state index contributed by atoms with van der Waals surface area (Å²) in [6.07, 6.45) is -4.41. The van der Waals surface area contributed by atoms with Crippen molar-refractivity contribution in [3.05, 3.63) is 17.5 Å². The van der Waals surface area contributed by atoms with Crippen LogP contribution in [0, 0.1) is 6.92 Å². The van der Waals surface area contributed by atoms with Gasteiger partial charge >= 0.3 is 6.36 Å². The van der Waals surface area contributed by atoms with Crippen LogP contribution >= 0.6 is 0 Å². The van der Waals surface area contributed by atoms with Gasteiger partial charge in [-0.2, -0.15) is 0 Å². The molecular weight excluding hydrogens is 227 g/mol. The minimum atomic E-state index is -4.81. The van der Waals surface area contributed by atoms with E-state index in [-0.39, 0.29) is 17.1 Å². The summed E-state index contributed by atoms with van der Waals surface area (Å²) in [7, 11) is 1.22. The first kappa shape index (κ1) is 12.3. The van der Waals surface area contributed by atoms with E-state index in [2.05, 4.69) is 9.72 Å². The van der Waals surface area contributed by atoms with Gasteiger partial charge in [0.1, 0.15) is 5.69 Å². The molecule has 0 aliphatic rings. The molecule has 1 aromatic heterocycles. The quantitative estimate of drug-likeness (QED) is 0.753. The SMILES string of the molecule is COc1cc(OC(F)(F)F)c(C)nc1C=O. The molecule has 0 N–H and O–H groups in total. The first-order valence-electron chi connectivity index (χ1n) is 4.14. The number of aldehydes is 1. The highest BCUT2D eigenvalue weighted by Crippen LogP contribution is 2.29. The summed E-state index contributed by atoms with van der Waals surface area (Å²) in [5.41, 5.74) is -0.116. The van der Waals surface area contributed by atoms with E-state index in [1.54, 1.807) is 0 Å². The maximum Gasteiger partial charge on any atom is 0.573 e. The molecule has 1 rings (SSSR count). The third kappa shape index (κ3) is 2.85. The van der Waals surface area contributed by atoms with Crippen molar-refractivity contribution in [2.45, 2.75) is 13.3 Å². The van der Waals surface area contributed by atoms with E-state index >= 15 is 0 Å². The largest absolute Gasteiger partial charge is 0.573 e. The first-order valence-corrected chi connectivity index (χ1v) is 4.14. The molecule has 1 heterocycles. The van der Waals surface area contributed by atoms with Gasteiger partial charge in [-0.1, -0.05) is 0 Å². The lowest BCUT2D eigenvalue weighted by molar-refractivity contribution is -0.275. The Labute approximate surface area is 89.0 Å². The van der Waals surface area contributed by atoms with E-state index in [0.717, 1.165) is 6.07 Å². The average Bonchev–Trinajstić information content (AvgIpc) is 2.18. The van der Waals surface area contributed by atoms with Crippen LogP contribution in [-0.2, 0) is 0 Å². The van der Waals surface area contributed by atoms with Crippen molar-refractivity contribution in [2.24, 2.45) is 0 Å². The molecule has 0 saturated carbocycles. The molecule has 88 valence electrons. The fourth-order valence-corrected chi connectivity index (χ4v) is 1.06. The Morgan fingerprint density at radius 1 is 1.38 bits per heavy atom. The van der Waals surface area contributed by atoms with Crippen LogP contribution in [0.2, 0.25) is 0 Å². The second-order valence-electron chi connectivity index (χ2n) is 2.83. The van der Waals surface area contributed by atoms with E-state index in [1.165, 1.54) is 14.0 Å². The number of rotatable bonds is 3. The molecule has 0 aromatic carbocycles. The summed E-state index contributed by atoms with van der Waals surface area (Å²) in [6.45, 7) is 1.30. The number of ether oxygens (including phenoxy) is 2. The molecule has 7 heteroatoms. The van der Waals surface area contributed by atoms with Gasteiger partial charge in [-0.15, -0.1) is 13.2 Å². The molecule has 0 unspecified atom stereocenters. The molecule has 0 aliphatic heterocycles. The lowest BCUT2D eigenvalue weighted by Crippen LogP contribution is -2.18. The average molecular weight is 235 g/mol. The van der Waals surface area contributed by atoms with Crippen molar-refractivity contribution in [3.8, 4) is 11.5 Å². The van der Waals surface area contributed by atoms with Crippen LogP contribution in [0.3, 0.4) is 0 Å². The summed E-state index contributed by atoms with van der Waals surface area (Å²) in [5, 5.41) is 0. The molecule has 16 heavy (non-hydrogen) atoms. The van der Waals surface area contributed by atoms with Crippen molar-refractivity contribution < 1.29 is 27.4 Å². The Morgan fingerprint density at radius 2 is 2.00 bits per heavy atom. The predicted molar refractivity (Wildman–Crippen MR) is 47.6 cm³/mol. The van der Waals surface area contributed by atoms with Gasteiger partial charge in [0.15, 0.2) is 17.8 Å². The van der Waals surface area contributed by atoms with Gasteiger partial charge in [0.05, 0.1) is 12.8 Å². The van der Waals surface area contributed by atoms with Gasteiger partial charge in [0.2, 0.25) is 0 Å². The summed E-state index contributed by atoms with van der Waals surface area (Å²) in [4.78, 5) is 14.2. The molecule has 0 bridgehead atoms. The van der Waals surface area contributed by atoms with Crippen LogP contribution < -0.4 is 9.47 Å². The summed E-state index contributed by atoms with van der Waals surface area (Å²) in [5.74, 6) is -0.560. The third-order valence-electron chi connectivity index (χ3n) is 1.72. The number of nitrogens with zero attached hydrogens (tertiary/aromatic N) is 1. The molecule has 0 radical (unpaired) electrons. The fraction of sp³-hybridized carbons (Fsp3) is 0.333. The summed E-state index contributed by atoms with van der Waals surface area (Å²) in [6, 6.07) is 0.972. The fourth-order valence-electron chi connectivity index (χ4n) is 1.06. The molecule has 0 aliphatic carbocycles.